The number of hydrogen-bond acceptors (Lipinski definition) is 3. The van der Waals surface area contributed by atoms with Crippen LogP contribution in [0.4, 0.5) is 9.18 Å². The molecule has 0 aromatic heterocycles. The van der Waals surface area contributed by atoms with Gasteiger partial charge in [0.15, 0.2) is 0 Å². The summed E-state index contributed by atoms with van der Waals surface area (Å²) < 4.78 is 14.9. The maximum atomic E-state index is 14.9. The Morgan fingerprint density at radius 2 is 2.03 bits per heavy atom. The fraction of sp³-hybridized carbons (Fsp3) is 0.667. The van der Waals surface area contributed by atoms with Crippen LogP contribution >= 0.6 is 23.2 Å². The van der Waals surface area contributed by atoms with Crippen molar-refractivity contribution in [3.63, 3.8) is 0 Å². The molecule has 0 bridgehead atoms. The van der Waals surface area contributed by atoms with Crippen molar-refractivity contribution >= 4 is 29.2 Å². The van der Waals surface area contributed by atoms with E-state index in [1.54, 1.807) is 20.2 Å². The van der Waals surface area contributed by atoms with E-state index in [1.807, 2.05) is 12.1 Å². The number of rotatable bonds is 5. The Kier molecular flexibility index (Phi) is 8.02. The summed E-state index contributed by atoms with van der Waals surface area (Å²) in [5, 5.41) is 7.35. The van der Waals surface area contributed by atoms with Crippen LogP contribution in [0.25, 0.3) is 0 Å². The Balaban J connectivity index is 1.70. The molecule has 4 atom stereocenters. The lowest BCUT2D eigenvalue weighted by atomic mass is 9.79. The normalized spacial score (nSPS) is 26.7. The molecule has 8 heteroatoms. The summed E-state index contributed by atoms with van der Waals surface area (Å²) in [4.78, 5) is 15.8. The van der Waals surface area contributed by atoms with Crippen LogP contribution in [0, 0.1) is 5.92 Å². The second-order valence-corrected chi connectivity index (χ2v) is 9.11. The van der Waals surface area contributed by atoms with Crippen LogP contribution in [0.5, 0.6) is 0 Å². The van der Waals surface area contributed by atoms with Gasteiger partial charge in [-0.05, 0) is 43.2 Å². The van der Waals surface area contributed by atoms with Gasteiger partial charge in [-0.2, -0.15) is 0 Å². The van der Waals surface area contributed by atoms with Crippen molar-refractivity contribution in [2.24, 2.45) is 5.92 Å². The maximum absolute atomic E-state index is 14.9. The number of amides is 2. The Labute approximate surface area is 182 Å². The highest BCUT2D eigenvalue weighted by atomic mass is 35.5. The fourth-order valence-corrected chi connectivity index (χ4v) is 4.85. The molecule has 162 valence electrons. The molecule has 1 heterocycles. The van der Waals surface area contributed by atoms with Gasteiger partial charge in [0.2, 0.25) is 0 Å². The third kappa shape index (κ3) is 5.75. The molecular formula is C21H31Cl2FN4O. The van der Waals surface area contributed by atoms with Crippen molar-refractivity contribution in [3.05, 3.63) is 33.8 Å². The maximum Gasteiger partial charge on any atom is 0.317 e. The van der Waals surface area contributed by atoms with Crippen molar-refractivity contribution in [1.29, 1.82) is 0 Å². The first-order valence-corrected chi connectivity index (χ1v) is 11.1. The summed E-state index contributed by atoms with van der Waals surface area (Å²) in [7, 11) is 3.34. The largest absolute Gasteiger partial charge is 0.332 e. The first kappa shape index (κ1) is 22.6. The van der Waals surface area contributed by atoms with Crippen LogP contribution in [0.15, 0.2) is 18.2 Å². The van der Waals surface area contributed by atoms with E-state index >= 15 is 0 Å². The number of carbonyl (C=O) groups excluding carboxylic acids is 1. The van der Waals surface area contributed by atoms with E-state index in [-0.39, 0.29) is 18.0 Å². The van der Waals surface area contributed by atoms with Crippen molar-refractivity contribution in [3.8, 4) is 0 Å². The molecule has 0 radical (unpaired) electrons. The molecule has 4 unspecified atom stereocenters. The molecule has 1 aromatic rings. The lowest BCUT2D eigenvalue weighted by Gasteiger charge is -2.40. The van der Waals surface area contributed by atoms with Gasteiger partial charge in [0.1, 0.15) is 6.17 Å². The molecule has 1 saturated heterocycles. The number of benzene rings is 1. The lowest BCUT2D eigenvalue weighted by Crippen LogP contribution is -2.49. The highest BCUT2D eigenvalue weighted by molar-refractivity contribution is 6.42. The minimum absolute atomic E-state index is 0.119. The van der Waals surface area contributed by atoms with Crippen LogP contribution in [-0.2, 0) is 0 Å². The van der Waals surface area contributed by atoms with E-state index in [4.69, 9.17) is 23.2 Å². The van der Waals surface area contributed by atoms with Crippen molar-refractivity contribution < 1.29 is 9.18 Å². The zero-order valence-electron chi connectivity index (χ0n) is 17.1. The standard InChI is InChI=1S/C21H31Cl2FN4O/c1-27(2)21(29)26-18-7-6-14(12-17(18)24)13-19(28-10-8-25-9-11-28)15-4-3-5-16(22)20(15)23/h3-5,14,17-19,25H,6-13H2,1-2H3,(H,26,29). The van der Waals surface area contributed by atoms with Gasteiger partial charge in [0, 0.05) is 46.3 Å². The fourth-order valence-electron chi connectivity index (χ4n) is 4.42. The van der Waals surface area contributed by atoms with Gasteiger partial charge in [0.05, 0.1) is 16.1 Å². The number of alkyl halides is 1. The van der Waals surface area contributed by atoms with Crippen LogP contribution < -0.4 is 10.6 Å². The monoisotopic (exact) mass is 444 g/mol. The highest BCUT2D eigenvalue weighted by Gasteiger charge is 2.35. The van der Waals surface area contributed by atoms with Gasteiger partial charge in [0.25, 0.3) is 0 Å². The predicted octanol–water partition coefficient (Wildman–Crippen LogP) is 4.11. The molecule has 2 aliphatic rings. The molecule has 2 amide bonds. The van der Waals surface area contributed by atoms with Crippen LogP contribution in [0.1, 0.15) is 37.3 Å². The average Bonchev–Trinajstić information content (AvgIpc) is 2.71. The number of nitrogens with one attached hydrogen (secondary N) is 2. The van der Waals surface area contributed by atoms with Crippen molar-refractivity contribution in [2.45, 2.75) is 43.9 Å². The first-order chi connectivity index (χ1) is 13.9. The smallest absolute Gasteiger partial charge is 0.317 e. The number of hydrogen-bond donors (Lipinski definition) is 2. The Morgan fingerprint density at radius 3 is 2.69 bits per heavy atom. The van der Waals surface area contributed by atoms with Gasteiger partial charge >= 0.3 is 6.03 Å². The Hall–Kier alpha value is -1.08. The van der Waals surface area contributed by atoms with Crippen LogP contribution in [-0.4, -0.2) is 68.3 Å². The van der Waals surface area contributed by atoms with Gasteiger partial charge < -0.3 is 15.5 Å². The van der Waals surface area contributed by atoms with E-state index < -0.39 is 12.2 Å². The molecule has 3 rings (SSSR count). The third-order valence-corrected chi connectivity index (χ3v) is 6.92. The summed E-state index contributed by atoms with van der Waals surface area (Å²) in [6, 6.07) is 5.25. The van der Waals surface area contributed by atoms with Gasteiger partial charge in [-0.15, -0.1) is 0 Å². The van der Waals surface area contributed by atoms with Crippen molar-refractivity contribution in [2.75, 3.05) is 40.3 Å². The molecule has 5 nitrogen and oxygen atoms in total. The minimum Gasteiger partial charge on any atom is -0.332 e. The van der Waals surface area contributed by atoms with Gasteiger partial charge in [-0.3, -0.25) is 4.90 Å². The lowest BCUT2D eigenvalue weighted by molar-refractivity contribution is 0.102. The van der Waals surface area contributed by atoms with E-state index in [9.17, 15) is 9.18 Å². The Morgan fingerprint density at radius 1 is 1.31 bits per heavy atom. The molecule has 0 spiro atoms. The average molecular weight is 445 g/mol. The quantitative estimate of drug-likeness (QED) is 0.718. The second kappa shape index (κ2) is 10.3. The van der Waals surface area contributed by atoms with E-state index in [0.717, 1.165) is 44.6 Å². The van der Waals surface area contributed by atoms with E-state index in [0.29, 0.717) is 22.9 Å². The second-order valence-electron chi connectivity index (χ2n) is 8.33. The van der Waals surface area contributed by atoms with E-state index in [2.05, 4.69) is 15.5 Å². The summed E-state index contributed by atoms with van der Waals surface area (Å²) in [5.41, 5.74) is 1.03. The predicted molar refractivity (Wildman–Crippen MR) is 117 cm³/mol. The molecule has 2 N–H and O–H groups in total. The number of urea groups is 1. The van der Waals surface area contributed by atoms with Crippen molar-refractivity contribution in [1.82, 2.24) is 20.4 Å². The van der Waals surface area contributed by atoms with Crippen LogP contribution in [0.2, 0.25) is 10.0 Å². The third-order valence-electron chi connectivity index (χ3n) is 6.09. The minimum atomic E-state index is -1.03. The van der Waals surface area contributed by atoms with Gasteiger partial charge in [-0.25, -0.2) is 9.18 Å². The number of piperazine rings is 1. The van der Waals surface area contributed by atoms with Gasteiger partial charge in [-0.1, -0.05) is 35.3 Å². The molecule has 1 saturated carbocycles. The summed E-state index contributed by atoms with van der Waals surface area (Å²) >= 11 is 12.9. The topological polar surface area (TPSA) is 47.6 Å². The number of carbonyl (C=O) groups is 1. The molecule has 1 aromatic carbocycles. The summed E-state index contributed by atoms with van der Waals surface area (Å²) in [6.07, 6.45) is 1.81. The molecular weight excluding hydrogens is 414 g/mol. The molecule has 29 heavy (non-hydrogen) atoms. The zero-order valence-corrected chi connectivity index (χ0v) is 18.6. The SMILES string of the molecule is CN(C)C(=O)NC1CCC(CC(c2cccc(Cl)c2Cl)N2CCNCC2)CC1F. The highest BCUT2D eigenvalue weighted by Crippen LogP contribution is 2.40. The van der Waals surface area contributed by atoms with Crippen LogP contribution in [0.3, 0.4) is 0 Å². The number of halogens is 3. The molecule has 2 fully saturated rings. The molecule has 1 aliphatic carbocycles. The zero-order chi connectivity index (χ0) is 21.0. The summed E-state index contributed by atoms with van der Waals surface area (Å²) in [6.45, 7) is 3.73. The molecule has 1 aliphatic heterocycles. The Bertz CT molecular complexity index is 699. The first-order valence-electron chi connectivity index (χ1n) is 10.4. The van der Waals surface area contributed by atoms with E-state index in [1.165, 1.54) is 4.90 Å². The number of nitrogens with zero attached hydrogens (tertiary/aromatic N) is 2. The summed E-state index contributed by atoms with van der Waals surface area (Å²) in [5.74, 6) is 0.243.